The van der Waals surface area contributed by atoms with Crippen LogP contribution in [0.25, 0.3) is 11.1 Å². The number of carbonyl (C=O) groups excluding carboxylic acids is 1. The fourth-order valence-corrected chi connectivity index (χ4v) is 2.81. The lowest BCUT2D eigenvalue weighted by Crippen LogP contribution is -2.34. The summed E-state index contributed by atoms with van der Waals surface area (Å²) >= 11 is 5.84. The van der Waals surface area contributed by atoms with Gasteiger partial charge in [0, 0.05) is 23.7 Å². The molecular formula is C20H20ClN3O3. The molecule has 6 nitrogen and oxygen atoms in total. The first kappa shape index (κ1) is 17.7. The maximum Gasteiger partial charge on any atom is 0.321 e. The van der Waals surface area contributed by atoms with Gasteiger partial charge in [0.1, 0.15) is 17.9 Å². The minimum atomic E-state index is -0.208. The lowest BCUT2D eigenvalue weighted by Gasteiger charge is -2.18. The van der Waals surface area contributed by atoms with Gasteiger partial charge in [-0.25, -0.2) is 9.78 Å². The highest BCUT2D eigenvalue weighted by molar-refractivity contribution is 6.30. The van der Waals surface area contributed by atoms with Crippen molar-refractivity contribution in [3.63, 3.8) is 0 Å². The van der Waals surface area contributed by atoms with E-state index in [2.05, 4.69) is 10.3 Å². The zero-order valence-corrected chi connectivity index (χ0v) is 15.7. The third-order valence-electron chi connectivity index (χ3n) is 4.44. The maximum atomic E-state index is 12.4. The van der Waals surface area contributed by atoms with Gasteiger partial charge in [-0.1, -0.05) is 11.6 Å². The van der Waals surface area contributed by atoms with Crippen LogP contribution < -0.4 is 10.1 Å². The number of nitrogens with one attached hydrogen (secondary N) is 1. The summed E-state index contributed by atoms with van der Waals surface area (Å²) in [5, 5.41) is 3.54. The summed E-state index contributed by atoms with van der Waals surface area (Å²) in [6.07, 6.45) is 2.28. The Morgan fingerprint density at radius 2 is 2.07 bits per heavy atom. The molecule has 3 aromatic rings. The largest absolute Gasteiger partial charge is 0.492 e. The van der Waals surface area contributed by atoms with Gasteiger partial charge in [-0.3, -0.25) is 0 Å². The van der Waals surface area contributed by atoms with E-state index >= 15 is 0 Å². The van der Waals surface area contributed by atoms with Gasteiger partial charge in [-0.15, -0.1) is 0 Å². The van der Waals surface area contributed by atoms with Gasteiger partial charge in [0.05, 0.1) is 6.54 Å². The van der Waals surface area contributed by atoms with Crippen LogP contribution in [0.2, 0.25) is 5.02 Å². The van der Waals surface area contributed by atoms with Crippen molar-refractivity contribution in [3.05, 3.63) is 53.4 Å². The average molecular weight is 386 g/mol. The smallest absolute Gasteiger partial charge is 0.321 e. The molecule has 0 saturated heterocycles. The molecule has 1 aliphatic rings. The molecular weight excluding hydrogens is 366 g/mol. The monoisotopic (exact) mass is 385 g/mol. The van der Waals surface area contributed by atoms with Crippen LogP contribution in [0.15, 0.2) is 46.9 Å². The van der Waals surface area contributed by atoms with E-state index in [9.17, 15) is 4.79 Å². The quantitative estimate of drug-likeness (QED) is 0.655. The molecule has 0 atom stereocenters. The normalized spacial score (nSPS) is 13.6. The van der Waals surface area contributed by atoms with E-state index in [1.54, 1.807) is 36.2 Å². The number of aromatic nitrogens is 1. The number of hydrogen-bond acceptors (Lipinski definition) is 4. The average Bonchev–Trinajstić information content (AvgIpc) is 3.42. The fraction of sp³-hybridized carbons (Fsp3) is 0.300. The number of carbonyl (C=O) groups is 1. The van der Waals surface area contributed by atoms with E-state index in [-0.39, 0.29) is 6.03 Å². The first-order valence-corrected chi connectivity index (χ1v) is 9.27. The molecule has 0 aliphatic heterocycles. The highest BCUT2D eigenvalue weighted by Crippen LogP contribution is 2.40. The second-order valence-electron chi connectivity index (χ2n) is 6.66. The Morgan fingerprint density at radius 1 is 1.30 bits per heavy atom. The van der Waals surface area contributed by atoms with Gasteiger partial charge in [0.25, 0.3) is 0 Å². The van der Waals surface area contributed by atoms with E-state index in [0.717, 1.165) is 35.6 Å². The van der Waals surface area contributed by atoms with Crippen molar-refractivity contribution in [2.75, 3.05) is 25.5 Å². The molecule has 4 rings (SSSR count). The highest BCUT2D eigenvalue weighted by atomic mass is 35.5. The number of halogens is 1. The standard InChI is InChI=1S/C20H20ClN3O3/c1-24(10-11-26-16-7-4-14(21)5-8-16)20(25)22-15-6-9-18-17(12-15)23-19(27-18)13-2-3-13/h4-9,12-13H,2-3,10-11H2,1H3,(H,22,25). The lowest BCUT2D eigenvalue weighted by molar-refractivity contribution is 0.207. The molecule has 0 bridgehead atoms. The van der Waals surface area contributed by atoms with Crippen LogP contribution in [0, 0.1) is 0 Å². The molecule has 1 fully saturated rings. The van der Waals surface area contributed by atoms with E-state index in [1.807, 2.05) is 18.2 Å². The molecule has 0 radical (unpaired) electrons. The molecule has 0 unspecified atom stereocenters. The minimum Gasteiger partial charge on any atom is -0.492 e. The molecule has 1 aliphatic carbocycles. The number of oxazole rings is 1. The summed E-state index contributed by atoms with van der Waals surface area (Å²) in [7, 11) is 1.72. The Hall–Kier alpha value is -2.73. The lowest BCUT2D eigenvalue weighted by atomic mass is 10.3. The number of likely N-dealkylation sites (N-methyl/N-ethyl adjacent to an activating group) is 1. The molecule has 1 heterocycles. The number of amides is 2. The number of ether oxygens (including phenoxy) is 1. The highest BCUT2D eigenvalue weighted by Gasteiger charge is 2.28. The van der Waals surface area contributed by atoms with Crippen LogP contribution in [0.5, 0.6) is 5.75 Å². The van der Waals surface area contributed by atoms with E-state index in [4.69, 9.17) is 20.8 Å². The van der Waals surface area contributed by atoms with Crippen LogP contribution in [0.1, 0.15) is 24.7 Å². The molecule has 0 spiro atoms. The minimum absolute atomic E-state index is 0.208. The van der Waals surface area contributed by atoms with Crippen molar-refractivity contribution >= 4 is 34.4 Å². The Bertz CT molecular complexity index is 951. The van der Waals surface area contributed by atoms with E-state index < -0.39 is 0 Å². The summed E-state index contributed by atoms with van der Waals surface area (Å²) in [6.45, 7) is 0.838. The fourth-order valence-electron chi connectivity index (χ4n) is 2.68. The van der Waals surface area contributed by atoms with Gasteiger partial charge in [-0.2, -0.15) is 0 Å². The number of benzene rings is 2. The van der Waals surface area contributed by atoms with Crippen molar-refractivity contribution in [3.8, 4) is 5.75 Å². The number of nitrogens with zero attached hydrogens (tertiary/aromatic N) is 2. The summed E-state index contributed by atoms with van der Waals surface area (Å²) in [5.74, 6) is 1.98. The summed E-state index contributed by atoms with van der Waals surface area (Å²) in [4.78, 5) is 18.4. The predicted octanol–water partition coefficient (Wildman–Crippen LogP) is 4.90. The van der Waals surface area contributed by atoms with Crippen molar-refractivity contribution in [2.24, 2.45) is 0 Å². The first-order valence-electron chi connectivity index (χ1n) is 8.89. The first-order chi connectivity index (χ1) is 13.1. The van der Waals surface area contributed by atoms with Gasteiger partial charge >= 0.3 is 6.03 Å². The molecule has 7 heteroatoms. The summed E-state index contributed by atoms with van der Waals surface area (Å²) in [5.41, 5.74) is 2.21. The predicted molar refractivity (Wildman–Crippen MR) is 105 cm³/mol. The molecule has 2 aromatic carbocycles. The van der Waals surface area contributed by atoms with Crippen molar-refractivity contribution in [1.82, 2.24) is 9.88 Å². The Kier molecular flexibility index (Phi) is 4.90. The Balaban J connectivity index is 1.30. The Morgan fingerprint density at radius 3 is 2.81 bits per heavy atom. The van der Waals surface area contributed by atoms with Crippen LogP contribution in [0.3, 0.4) is 0 Å². The van der Waals surface area contributed by atoms with E-state index in [1.165, 1.54) is 0 Å². The van der Waals surface area contributed by atoms with Gasteiger partial charge < -0.3 is 19.4 Å². The molecule has 27 heavy (non-hydrogen) atoms. The Labute approximate surface area is 162 Å². The SMILES string of the molecule is CN(CCOc1ccc(Cl)cc1)C(=O)Nc1ccc2oc(C3CC3)nc2c1. The number of anilines is 1. The zero-order chi connectivity index (χ0) is 18.8. The van der Waals surface area contributed by atoms with Crippen molar-refractivity contribution in [1.29, 1.82) is 0 Å². The third kappa shape index (κ3) is 4.34. The number of urea groups is 1. The van der Waals surface area contributed by atoms with Crippen LogP contribution in [-0.4, -0.2) is 36.1 Å². The maximum absolute atomic E-state index is 12.4. The van der Waals surface area contributed by atoms with E-state index in [0.29, 0.717) is 29.8 Å². The summed E-state index contributed by atoms with van der Waals surface area (Å²) < 4.78 is 11.4. The number of rotatable bonds is 6. The zero-order valence-electron chi connectivity index (χ0n) is 14.9. The van der Waals surface area contributed by atoms with Crippen LogP contribution in [0.4, 0.5) is 10.5 Å². The number of hydrogen-bond donors (Lipinski definition) is 1. The molecule has 1 saturated carbocycles. The van der Waals surface area contributed by atoms with Gasteiger partial charge in [-0.05, 0) is 55.3 Å². The summed E-state index contributed by atoms with van der Waals surface area (Å²) in [6, 6.07) is 12.4. The van der Waals surface area contributed by atoms with Crippen molar-refractivity contribution < 1.29 is 13.9 Å². The molecule has 1 N–H and O–H groups in total. The van der Waals surface area contributed by atoms with Crippen LogP contribution >= 0.6 is 11.6 Å². The second-order valence-corrected chi connectivity index (χ2v) is 7.10. The second kappa shape index (κ2) is 7.48. The topological polar surface area (TPSA) is 67.6 Å². The molecule has 140 valence electrons. The number of fused-ring (bicyclic) bond motifs is 1. The van der Waals surface area contributed by atoms with Gasteiger partial charge in [0.15, 0.2) is 11.5 Å². The van der Waals surface area contributed by atoms with Crippen molar-refractivity contribution in [2.45, 2.75) is 18.8 Å². The van der Waals surface area contributed by atoms with Crippen LogP contribution in [-0.2, 0) is 0 Å². The van der Waals surface area contributed by atoms with Gasteiger partial charge in [0.2, 0.25) is 0 Å². The third-order valence-corrected chi connectivity index (χ3v) is 4.69. The molecule has 2 amide bonds. The molecule has 1 aromatic heterocycles.